The van der Waals surface area contributed by atoms with Gasteiger partial charge in [-0.3, -0.25) is 0 Å². The molecule has 0 atom stereocenters. The lowest BCUT2D eigenvalue weighted by molar-refractivity contribution is -0.112. The first-order valence-electron chi connectivity index (χ1n) is 6.61. The largest absolute Gasteiger partial charge is 0.497 e. The van der Waals surface area contributed by atoms with Crippen LogP contribution >= 0.6 is 0 Å². The number of carbonyl (C=O) groups excluding carboxylic acids is 1. The Hall–Kier alpha value is -1.52. The first-order chi connectivity index (χ1) is 9.47. The van der Waals surface area contributed by atoms with Gasteiger partial charge < -0.3 is 9.53 Å². The van der Waals surface area contributed by atoms with Crippen molar-refractivity contribution in [2.75, 3.05) is 7.11 Å². The van der Waals surface area contributed by atoms with Crippen molar-refractivity contribution in [1.82, 2.24) is 0 Å². The standard InChI is InChI=1S/C8H14O.C7H5F3O/c1-7-2-4-8(6-9)5-3-7;1-11-4-2-5(8)7(10)6(9)3-4/h6-8H,2-5H2,1H3;2-3H,1H3. The van der Waals surface area contributed by atoms with Crippen LogP contribution in [0.1, 0.15) is 32.6 Å². The number of aldehydes is 1. The van der Waals surface area contributed by atoms with Crippen LogP contribution in [0.15, 0.2) is 12.1 Å². The van der Waals surface area contributed by atoms with Gasteiger partial charge in [0.2, 0.25) is 0 Å². The van der Waals surface area contributed by atoms with Crippen LogP contribution in [-0.4, -0.2) is 13.4 Å². The molecule has 20 heavy (non-hydrogen) atoms. The van der Waals surface area contributed by atoms with Crippen LogP contribution in [0.25, 0.3) is 0 Å². The minimum absolute atomic E-state index is 0.0404. The van der Waals surface area contributed by atoms with E-state index in [0.717, 1.165) is 37.2 Å². The maximum absolute atomic E-state index is 12.3. The Labute approximate surface area is 116 Å². The Balaban J connectivity index is 0.000000204. The van der Waals surface area contributed by atoms with Crippen LogP contribution in [-0.2, 0) is 4.79 Å². The number of benzene rings is 1. The molecule has 1 fully saturated rings. The van der Waals surface area contributed by atoms with Gasteiger partial charge in [0.25, 0.3) is 0 Å². The summed E-state index contributed by atoms with van der Waals surface area (Å²) in [6.07, 6.45) is 5.88. The molecule has 5 heteroatoms. The van der Waals surface area contributed by atoms with E-state index in [4.69, 9.17) is 0 Å². The summed E-state index contributed by atoms with van der Waals surface area (Å²) in [7, 11) is 1.24. The maximum atomic E-state index is 12.3. The summed E-state index contributed by atoms with van der Waals surface area (Å²) in [5.74, 6) is -2.77. The summed E-state index contributed by atoms with van der Waals surface area (Å²) in [6.45, 7) is 2.26. The minimum atomic E-state index is -1.48. The van der Waals surface area contributed by atoms with E-state index in [2.05, 4.69) is 11.7 Å². The monoisotopic (exact) mass is 288 g/mol. The average Bonchev–Trinajstić information content (AvgIpc) is 2.45. The molecule has 0 amide bonds. The lowest BCUT2D eigenvalue weighted by Gasteiger charge is -2.21. The molecule has 1 aromatic rings. The number of carbonyl (C=O) groups is 1. The van der Waals surface area contributed by atoms with Gasteiger partial charge in [0, 0.05) is 18.1 Å². The predicted octanol–water partition coefficient (Wildman–Crippen LogP) is 4.12. The van der Waals surface area contributed by atoms with Gasteiger partial charge in [-0.25, -0.2) is 13.2 Å². The van der Waals surface area contributed by atoms with E-state index in [1.165, 1.54) is 20.0 Å². The van der Waals surface area contributed by atoms with Crippen molar-refractivity contribution in [1.29, 1.82) is 0 Å². The third kappa shape index (κ3) is 4.87. The van der Waals surface area contributed by atoms with Crippen LogP contribution < -0.4 is 4.74 Å². The van der Waals surface area contributed by atoms with E-state index in [1.54, 1.807) is 0 Å². The highest BCUT2D eigenvalue weighted by atomic mass is 19.2. The molecular weight excluding hydrogens is 269 g/mol. The van der Waals surface area contributed by atoms with E-state index in [9.17, 15) is 18.0 Å². The van der Waals surface area contributed by atoms with Crippen molar-refractivity contribution >= 4 is 6.29 Å². The zero-order valence-electron chi connectivity index (χ0n) is 11.7. The molecule has 112 valence electrons. The molecule has 0 N–H and O–H groups in total. The van der Waals surface area contributed by atoms with Crippen molar-refractivity contribution in [3.63, 3.8) is 0 Å². The highest BCUT2D eigenvalue weighted by Gasteiger charge is 2.16. The van der Waals surface area contributed by atoms with Gasteiger partial charge in [-0.05, 0) is 18.8 Å². The molecule has 1 saturated carbocycles. The molecule has 1 aromatic carbocycles. The van der Waals surface area contributed by atoms with Gasteiger partial charge >= 0.3 is 0 Å². The molecule has 1 aliphatic rings. The van der Waals surface area contributed by atoms with Gasteiger partial charge in [-0.15, -0.1) is 0 Å². The molecule has 0 heterocycles. The predicted molar refractivity (Wildman–Crippen MR) is 70.1 cm³/mol. The highest BCUT2D eigenvalue weighted by molar-refractivity contribution is 5.53. The summed E-state index contributed by atoms with van der Waals surface area (Å²) >= 11 is 0. The van der Waals surface area contributed by atoms with Gasteiger partial charge in [0.05, 0.1) is 7.11 Å². The van der Waals surface area contributed by atoms with Crippen molar-refractivity contribution in [3.8, 4) is 5.75 Å². The van der Waals surface area contributed by atoms with Gasteiger partial charge in [0.1, 0.15) is 12.0 Å². The molecule has 0 unspecified atom stereocenters. The number of hydrogen-bond acceptors (Lipinski definition) is 2. The third-order valence-corrected chi connectivity index (χ3v) is 3.45. The van der Waals surface area contributed by atoms with E-state index in [0.29, 0.717) is 5.92 Å². The molecular formula is C15H19F3O2. The van der Waals surface area contributed by atoms with Crippen molar-refractivity contribution in [2.24, 2.45) is 11.8 Å². The van der Waals surface area contributed by atoms with E-state index in [-0.39, 0.29) is 5.75 Å². The number of halogens is 3. The smallest absolute Gasteiger partial charge is 0.194 e. The normalized spacial score (nSPS) is 21.6. The van der Waals surface area contributed by atoms with Crippen LogP contribution in [0.3, 0.4) is 0 Å². The summed E-state index contributed by atoms with van der Waals surface area (Å²) in [5.41, 5.74) is 0. The first-order valence-corrected chi connectivity index (χ1v) is 6.61. The molecule has 0 bridgehead atoms. The first kappa shape index (κ1) is 16.5. The van der Waals surface area contributed by atoms with Gasteiger partial charge in [-0.2, -0.15) is 0 Å². The van der Waals surface area contributed by atoms with Crippen LogP contribution in [0.2, 0.25) is 0 Å². The maximum Gasteiger partial charge on any atom is 0.194 e. The number of methoxy groups -OCH3 is 1. The molecule has 0 aliphatic heterocycles. The fraction of sp³-hybridized carbons (Fsp3) is 0.533. The molecule has 1 aliphatic carbocycles. The van der Waals surface area contributed by atoms with Gasteiger partial charge in [0.15, 0.2) is 17.5 Å². The Bertz CT molecular complexity index is 418. The van der Waals surface area contributed by atoms with E-state index >= 15 is 0 Å². The Morgan fingerprint density at radius 1 is 1.10 bits per heavy atom. The van der Waals surface area contributed by atoms with Crippen molar-refractivity contribution in [3.05, 3.63) is 29.6 Å². The lowest BCUT2D eigenvalue weighted by atomic mass is 9.84. The minimum Gasteiger partial charge on any atom is -0.497 e. The summed E-state index contributed by atoms with van der Waals surface area (Å²) in [6, 6.07) is 1.55. The second kappa shape index (κ2) is 7.92. The topological polar surface area (TPSA) is 26.3 Å². The third-order valence-electron chi connectivity index (χ3n) is 3.45. The Morgan fingerprint density at radius 2 is 1.60 bits per heavy atom. The SMILES string of the molecule is CC1CCC(C=O)CC1.COc1cc(F)c(F)c(F)c1. The second-order valence-electron chi connectivity index (χ2n) is 5.06. The molecule has 2 rings (SSSR count). The second-order valence-corrected chi connectivity index (χ2v) is 5.06. The Kier molecular flexibility index (Phi) is 6.55. The van der Waals surface area contributed by atoms with Crippen LogP contribution in [0.4, 0.5) is 13.2 Å². The fourth-order valence-corrected chi connectivity index (χ4v) is 2.07. The highest BCUT2D eigenvalue weighted by Crippen LogP contribution is 2.26. The van der Waals surface area contributed by atoms with E-state index < -0.39 is 17.5 Å². The van der Waals surface area contributed by atoms with Gasteiger partial charge in [-0.1, -0.05) is 19.8 Å². The molecule has 0 aromatic heterocycles. The molecule has 0 spiro atoms. The van der Waals surface area contributed by atoms with Crippen LogP contribution in [0.5, 0.6) is 5.75 Å². The molecule has 2 nitrogen and oxygen atoms in total. The van der Waals surface area contributed by atoms with E-state index in [1.807, 2.05) is 0 Å². The number of ether oxygens (including phenoxy) is 1. The lowest BCUT2D eigenvalue weighted by Crippen LogP contribution is -2.12. The zero-order chi connectivity index (χ0) is 15.1. The van der Waals surface area contributed by atoms with Crippen molar-refractivity contribution < 1.29 is 22.7 Å². The zero-order valence-corrected chi connectivity index (χ0v) is 11.7. The average molecular weight is 288 g/mol. The summed E-state index contributed by atoms with van der Waals surface area (Å²) < 4.78 is 41.4. The summed E-state index contributed by atoms with van der Waals surface area (Å²) in [5, 5.41) is 0. The molecule has 0 radical (unpaired) electrons. The Morgan fingerprint density at radius 3 is 2.00 bits per heavy atom. The molecule has 0 saturated heterocycles. The number of rotatable bonds is 2. The summed E-state index contributed by atoms with van der Waals surface area (Å²) in [4.78, 5) is 10.3. The quantitative estimate of drug-likeness (QED) is 0.604. The number of hydrogen-bond donors (Lipinski definition) is 0. The fourth-order valence-electron chi connectivity index (χ4n) is 2.07. The van der Waals surface area contributed by atoms with Crippen LogP contribution in [0, 0.1) is 29.3 Å². The van der Waals surface area contributed by atoms with Crippen molar-refractivity contribution in [2.45, 2.75) is 32.6 Å².